The molecular formula is C14H25NO2. The minimum Gasteiger partial charge on any atom is -0.396 e. The van der Waals surface area contributed by atoms with Gasteiger partial charge in [0.15, 0.2) is 0 Å². The van der Waals surface area contributed by atoms with Crippen molar-refractivity contribution in [3.05, 3.63) is 0 Å². The first-order valence-corrected chi connectivity index (χ1v) is 7.21. The van der Waals surface area contributed by atoms with E-state index in [4.69, 9.17) is 0 Å². The number of amides is 1. The van der Waals surface area contributed by atoms with Crippen LogP contribution in [-0.4, -0.2) is 35.6 Å². The predicted molar refractivity (Wildman–Crippen MR) is 67.6 cm³/mol. The first-order valence-electron chi connectivity index (χ1n) is 7.21. The third kappa shape index (κ3) is 3.44. The van der Waals surface area contributed by atoms with E-state index in [-0.39, 0.29) is 18.4 Å². The lowest BCUT2D eigenvalue weighted by Gasteiger charge is -2.27. The quantitative estimate of drug-likeness (QED) is 0.817. The van der Waals surface area contributed by atoms with Gasteiger partial charge in [0.1, 0.15) is 0 Å². The van der Waals surface area contributed by atoms with Crippen LogP contribution in [0.4, 0.5) is 0 Å². The Bertz CT molecular complexity index is 243. The van der Waals surface area contributed by atoms with E-state index in [9.17, 15) is 9.90 Å². The van der Waals surface area contributed by atoms with Crippen LogP contribution >= 0.6 is 0 Å². The maximum Gasteiger partial charge on any atom is 0.228 e. The fourth-order valence-electron chi connectivity index (χ4n) is 3.27. The summed E-state index contributed by atoms with van der Waals surface area (Å²) in [5, 5.41) is 9.44. The molecule has 0 radical (unpaired) electrons. The van der Waals surface area contributed by atoms with Gasteiger partial charge in [0.25, 0.3) is 0 Å². The van der Waals surface area contributed by atoms with Crippen LogP contribution in [0, 0.1) is 11.8 Å². The molecule has 1 atom stereocenters. The van der Waals surface area contributed by atoms with E-state index in [0.717, 1.165) is 32.4 Å². The summed E-state index contributed by atoms with van der Waals surface area (Å²) < 4.78 is 0. The van der Waals surface area contributed by atoms with Crippen molar-refractivity contribution in [3.63, 3.8) is 0 Å². The van der Waals surface area contributed by atoms with E-state index in [1.165, 1.54) is 32.1 Å². The molecule has 1 unspecified atom stereocenters. The van der Waals surface area contributed by atoms with E-state index in [0.29, 0.717) is 5.92 Å². The zero-order valence-corrected chi connectivity index (χ0v) is 10.7. The summed E-state index contributed by atoms with van der Waals surface area (Å²) in [6.07, 6.45) is 9.64. The highest BCUT2D eigenvalue weighted by molar-refractivity contribution is 5.79. The molecule has 2 rings (SSSR count). The van der Waals surface area contributed by atoms with Gasteiger partial charge in [0.05, 0.1) is 12.5 Å². The van der Waals surface area contributed by atoms with Crippen molar-refractivity contribution in [2.45, 2.75) is 51.4 Å². The highest BCUT2D eigenvalue weighted by Crippen LogP contribution is 2.30. The Hall–Kier alpha value is -0.570. The summed E-state index contributed by atoms with van der Waals surface area (Å²) in [6.45, 7) is 1.84. The molecule has 1 saturated carbocycles. The molecule has 0 spiro atoms. The van der Waals surface area contributed by atoms with E-state index >= 15 is 0 Å². The third-order valence-corrected chi connectivity index (χ3v) is 4.33. The molecule has 0 aromatic rings. The largest absolute Gasteiger partial charge is 0.396 e. The Labute approximate surface area is 104 Å². The first-order chi connectivity index (χ1) is 8.31. The monoisotopic (exact) mass is 239 g/mol. The summed E-state index contributed by atoms with van der Waals surface area (Å²) in [7, 11) is 0. The lowest BCUT2D eigenvalue weighted by molar-refractivity contribution is -0.136. The van der Waals surface area contributed by atoms with Crippen LogP contribution in [0.2, 0.25) is 0 Å². The van der Waals surface area contributed by atoms with Gasteiger partial charge in [-0.3, -0.25) is 4.79 Å². The van der Waals surface area contributed by atoms with E-state index in [1.807, 2.05) is 4.90 Å². The Morgan fingerprint density at radius 2 is 1.76 bits per heavy atom. The summed E-state index contributed by atoms with van der Waals surface area (Å²) in [5.74, 6) is 0.749. The SMILES string of the molecule is O=C(C(CO)CC1CCCCC1)N1CCCC1. The average Bonchev–Trinajstić information content (AvgIpc) is 2.90. The van der Waals surface area contributed by atoms with Crippen molar-refractivity contribution >= 4 is 5.91 Å². The van der Waals surface area contributed by atoms with Crippen molar-refractivity contribution in [1.29, 1.82) is 0 Å². The van der Waals surface area contributed by atoms with Gasteiger partial charge < -0.3 is 10.0 Å². The maximum absolute atomic E-state index is 12.2. The molecule has 2 aliphatic rings. The fourth-order valence-corrected chi connectivity index (χ4v) is 3.27. The second-order valence-corrected chi connectivity index (χ2v) is 5.65. The molecule has 1 heterocycles. The van der Waals surface area contributed by atoms with Gasteiger partial charge in [-0.2, -0.15) is 0 Å². The van der Waals surface area contributed by atoms with Gasteiger partial charge in [-0.1, -0.05) is 32.1 Å². The molecule has 3 heteroatoms. The Morgan fingerprint density at radius 3 is 2.35 bits per heavy atom. The van der Waals surface area contributed by atoms with Crippen LogP contribution in [0.25, 0.3) is 0 Å². The van der Waals surface area contributed by atoms with Crippen LogP contribution in [-0.2, 0) is 4.79 Å². The Balaban J connectivity index is 1.83. The summed E-state index contributed by atoms with van der Waals surface area (Å²) in [6, 6.07) is 0. The normalized spacial score (nSPS) is 23.9. The topological polar surface area (TPSA) is 40.5 Å². The minimum atomic E-state index is -0.129. The number of carbonyl (C=O) groups is 1. The molecule has 0 aromatic heterocycles. The van der Waals surface area contributed by atoms with Crippen molar-refractivity contribution in [1.82, 2.24) is 4.90 Å². The molecule has 1 amide bonds. The molecule has 3 nitrogen and oxygen atoms in total. The fraction of sp³-hybridized carbons (Fsp3) is 0.929. The molecule has 2 fully saturated rings. The van der Waals surface area contributed by atoms with Crippen LogP contribution in [0.1, 0.15) is 51.4 Å². The second kappa shape index (κ2) is 6.39. The van der Waals surface area contributed by atoms with Gasteiger partial charge in [-0.15, -0.1) is 0 Å². The van der Waals surface area contributed by atoms with Gasteiger partial charge >= 0.3 is 0 Å². The third-order valence-electron chi connectivity index (χ3n) is 4.33. The Kier molecular flexibility index (Phi) is 4.84. The first kappa shape index (κ1) is 12.9. The molecule has 1 saturated heterocycles. The van der Waals surface area contributed by atoms with Gasteiger partial charge in [-0.25, -0.2) is 0 Å². The number of aliphatic hydroxyl groups is 1. The van der Waals surface area contributed by atoms with Gasteiger partial charge in [0, 0.05) is 13.1 Å². The van der Waals surface area contributed by atoms with Crippen molar-refractivity contribution in [2.75, 3.05) is 19.7 Å². The molecule has 17 heavy (non-hydrogen) atoms. The number of carbonyl (C=O) groups excluding carboxylic acids is 1. The molecule has 1 N–H and O–H groups in total. The van der Waals surface area contributed by atoms with Crippen LogP contribution in [0.15, 0.2) is 0 Å². The van der Waals surface area contributed by atoms with Crippen LogP contribution < -0.4 is 0 Å². The molecular weight excluding hydrogens is 214 g/mol. The lowest BCUT2D eigenvalue weighted by atomic mass is 9.82. The smallest absolute Gasteiger partial charge is 0.228 e. The standard InChI is InChI=1S/C14H25NO2/c16-11-13(10-12-6-2-1-3-7-12)14(17)15-8-4-5-9-15/h12-13,16H,1-11H2. The number of hydrogen-bond donors (Lipinski definition) is 1. The van der Waals surface area contributed by atoms with Gasteiger partial charge in [-0.05, 0) is 25.2 Å². The van der Waals surface area contributed by atoms with Gasteiger partial charge in [0.2, 0.25) is 5.91 Å². The lowest BCUT2D eigenvalue weighted by Crippen LogP contribution is -2.36. The minimum absolute atomic E-state index is 0.0336. The summed E-state index contributed by atoms with van der Waals surface area (Å²) in [5.41, 5.74) is 0. The number of hydrogen-bond acceptors (Lipinski definition) is 2. The molecule has 98 valence electrons. The second-order valence-electron chi connectivity index (χ2n) is 5.65. The van der Waals surface area contributed by atoms with E-state index in [1.54, 1.807) is 0 Å². The van der Waals surface area contributed by atoms with Crippen LogP contribution in [0.5, 0.6) is 0 Å². The van der Waals surface area contributed by atoms with Crippen molar-refractivity contribution < 1.29 is 9.90 Å². The summed E-state index contributed by atoms with van der Waals surface area (Å²) in [4.78, 5) is 14.2. The molecule has 0 aromatic carbocycles. The highest BCUT2D eigenvalue weighted by atomic mass is 16.3. The van der Waals surface area contributed by atoms with Crippen LogP contribution in [0.3, 0.4) is 0 Å². The Morgan fingerprint density at radius 1 is 1.12 bits per heavy atom. The number of aliphatic hydroxyl groups excluding tert-OH is 1. The average molecular weight is 239 g/mol. The predicted octanol–water partition coefficient (Wildman–Crippen LogP) is 2.19. The maximum atomic E-state index is 12.2. The number of rotatable bonds is 4. The van der Waals surface area contributed by atoms with E-state index < -0.39 is 0 Å². The van der Waals surface area contributed by atoms with E-state index in [2.05, 4.69) is 0 Å². The zero-order chi connectivity index (χ0) is 12.1. The molecule has 0 bridgehead atoms. The summed E-state index contributed by atoms with van der Waals surface area (Å²) >= 11 is 0. The zero-order valence-electron chi connectivity index (χ0n) is 10.7. The number of likely N-dealkylation sites (tertiary alicyclic amines) is 1. The molecule has 1 aliphatic heterocycles. The van der Waals surface area contributed by atoms with Crippen molar-refractivity contribution in [2.24, 2.45) is 11.8 Å². The van der Waals surface area contributed by atoms with Crippen molar-refractivity contribution in [3.8, 4) is 0 Å². The number of nitrogens with zero attached hydrogens (tertiary/aromatic N) is 1. The highest BCUT2D eigenvalue weighted by Gasteiger charge is 2.28. The molecule has 1 aliphatic carbocycles.